The van der Waals surface area contributed by atoms with Crippen LogP contribution in [0.2, 0.25) is 0 Å². The Morgan fingerprint density at radius 1 is 1.47 bits per heavy atom. The molecular formula is C13H15BrN2O3. The van der Waals surface area contributed by atoms with Crippen molar-refractivity contribution >= 4 is 27.8 Å². The molecule has 2 N–H and O–H groups in total. The molecule has 6 heteroatoms. The van der Waals surface area contributed by atoms with Gasteiger partial charge in [0.25, 0.3) is 5.91 Å². The number of aliphatic carboxylic acids is 1. The zero-order chi connectivity index (χ0) is 13.8. The Bertz CT molecular complexity index is 493. The molecule has 2 unspecified atom stereocenters. The van der Waals surface area contributed by atoms with E-state index in [1.165, 1.54) is 0 Å². The highest BCUT2D eigenvalue weighted by Gasteiger charge is 2.32. The third-order valence-corrected chi connectivity index (χ3v) is 4.14. The van der Waals surface area contributed by atoms with Gasteiger partial charge in [-0.1, -0.05) is 6.42 Å². The number of hydrogen-bond donors (Lipinski definition) is 2. The summed E-state index contributed by atoms with van der Waals surface area (Å²) in [5.41, 5.74) is 0.465. The molecule has 102 valence electrons. The van der Waals surface area contributed by atoms with E-state index in [9.17, 15) is 9.59 Å². The first kappa shape index (κ1) is 14.0. The summed E-state index contributed by atoms with van der Waals surface area (Å²) in [7, 11) is 0. The number of carboxylic acid groups (broad SMARTS) is 1. The molecule has 0 saturated heterocycles. The summed E-state index contributed by atoms with van der Waals surface area (Å²) >= 11 is 3.22. The monoisotopic (exact) mass is 326 g/mol. The third kappa shape index (κ3) is 3.32. The van der Waals surface area contributed by atoms with E-state index in [1.807, 2.05) is 0 Å². The number of hydrogen-bond acceptors (Lipinski definition) is 3. The highest BCUT2D eigenvalue weighted by molar-refractivity contribution is 9.10. The van der Waals surface area contributed by atoms with E-state index in [0.717, 1.165) is 12.8 Å². The maximum absolute atomic E-state index is 12.0. The highest BCUT2D eigenvalue weighted by Crippen LogP contribution is 2.31. The molecule has 1 aliphatic carbocycles. The lowest BCUT2D eigenvalue weighted by molar-refractivity contribution is -0.142. The molecule has 19 heavy (non-hydrogen) atoms. The molecule has 2 atom stereocenters. The van der Waals surface area contributed by atoms with Crippen LogP contribution in [0, 0.1) is 11.8 Å². The van der Waals surface area contributed by atoms with Crippen molar-refractivity contribution in [3.63, 3.8) is 0 Å². The van der Waals surface area contributed by atoms with Gasteiger partial charge in [0.05, 0.1) is 11.5 Å². The number of nitrogens with zero attached hydrogens (tertiary/aromatic N) is 1. The minimum Gasteiger partial charge on any atom is -0.481 e. The standard InChI is InChI=1S/C13H15BrN2O3/c14-11-10(5-2-6-15-11)12(17)16-7-8-3-1-4-9(8)13(18)19/h2,5-6,8-9H,1,3-4,7H2,(H,16,17)(H,18,19). The van der Waals surface area contributed by atoms with Gasteiger partial charge in [-0.3, -0.25) is 9.59 Å². The molecule has 5 nitrogen and oxygen atoms in total. The Labute approximate surface area is 119 Å². The summed E-state index contributed by atoms with van der Waals surface area (Å²) in [6.07, 6.45) is 4.06. The van der Waals surface area contributed by atoms with E-state index in [-0.39, 0.29) is 17.7 Å². The molecule has 1 amide bonds. The average Bonchev–Trinajstić information content (AvgIpc) is 2.85. The Hall–Kier alpha value is -1.43. The molecule has 0 bridgehead atoms. The van der Waals surface area contributed by atoms with Crippen LogP contribution in [0.5, 0.6) is 0 Å². The second-order valence-corrected chi connectivity index (χ2v) is 5.44. The fourth-order valence-electron chi connectivity index (χ4n) is 2.48. The van der Waals surface area contributed by atoms with Crippen molar-refractivity contribution in [2.24, 2.45) is 11.8 Å². The van der Waals surface area contributed by atoms with Crippen LogP contribution in [0.15, 0.2) is 22.9 Å². The summed E-state index contributed by atoms with van der Waals surface area (Å²) in [5, 5.41) is 11.9. The number of pyridine rings is 1. The summed E-state index contributed by atoms with van der Waals surface area (Å²) in [5.74, 6) is -1.30. The van der Waals surface area contributed by atoms with Gasteiger partial charge in [-0.15, -0.1) is 0 Å². The number of carbonyl (C=O) groups is 2. The van der Waals surface area contributed by atoms with Gasteiger partial charge in [0.1, 0.15) is 4.60 Å². The van der Waals surface area contributed by atoms with E-state index < -0.39 is 5.97 Å². The molecule has 1 heterocycles. The van der Waals surface area contributed by atoms with Crippen LogP contribution in [0.4, 0.5) is 0 Å². The number of amides is 1. The fourth-order valence-corrected chi connectivity index (χ4v) is 2.91. The maximum atomic E-state index is 12.0. The van der Waals surface area contributed by atoms with Gasteiger partial charge in [-0.25, -0.2) is 4.98 Å². The van der Waals surface area contributed by atoms with Crippen molar-refractivity contribution in [2.75, 3.05) is 6.54 Å². The van der Waals surface area contributed by atoms with Gasteiger partial charge >= 0.3 is 5.97 Å². The molecule has 1 aliphatic rings. The Morgan fingerprint density at radius 2 is 2.26 bits per heavy atom. The lowest BCUT2D eigenvalue weighted by Gasteiger charge is -2.16. The Balaban J connectivity index is 1.94. The minimum atomic E-state index is -0.765. The molecule has 0 aromatic carbocycles. The van der Waals surface area contributed by atoms with Crippen molar-refractivity contribution in [1.29, 1.82) is 0 Å². The summed E-state index contributed by atoms with van der Waals surface area (Å²) < 4.78 is 0.494. The van der Waals surface area contributed by atoms with E-state index in [4.69, 9.17) is 5.11 Å². The molecule has 1 fully saturated rings. The van der Waals surface area contributed by atoms with Crippen molar-refractivity contribution in [3.05, 3.63) is 28.5 Å². The van der Waals surface area contributed by atoms with Crippen LogP contribution >= 0.6 is 15.9 Å². The van der Waals surface area contributed by atoms with E-state index >= 15 is 0 Å². The molecular weight excluding hydrogens is 312 g/mol. The van der Waals surface area contributed by atoms with Gasteiger partial charge in [0, 0.05) is 12.7 Å². The number of halogens is 1. The van der Waals surface area contributed by atoms with E-state index in [1.54, 1.807) is 18.3 Å². The van der Waals surface area contributed by atoms with Gasteiger partial charge in [0.2, 0.25) is 0 Å². The van der Waals surface area contributed by atoms with Crippen molar-refractivity contribution in [1.82, 2.24) is 10.3 Å². The first-order chi connectivity index (χ1) is 9.09. The molecule has 0 radical (unpaired) electrons. The zero-order valence-electron chi connectivity index (χ0n) is 10.3. The Kier molecular flexibility index (Phi) is 4.52. The quantitative estimate of drug-likeness (QED) is 0.830. The molecule has 0 spiro atoms. The third-order valence-electron chi connectivity index (χ3n) is 3.50. The largest absolute Gasteiger partial charge is 0.481 e. The molecule has 1 saturated carbocycles. The predicted octanol–water partition coefficient (Wildman–Crippen LogP) is 2.07. The summed E-state index contributed by atoms with van der Waals surface area (Å²) in [6, 6.07) is 3.37. The normalized spacial score (nSPS) is 22.2. The second-order valence-electron chi connectivity index (χ2n) is 4.69. The minimum absolute atomic E-state index is 0.0249. The SMILES string of the molecule is O=C(NCC1CCCC1C(=O)O)c1cccnc1Br. The summed E-state index contributed by atoms with van der Waals surface area (Å²) in [6.45, 7) is 0.400. The zero-order valence-corrected chi connectivity index (χ0v) is 11.9. The number of carbonyl (C=O) groups excluding carboxylic acids is 1. The highest BCUT2D eigenvalue weighted by atomic mass is 79.9. The number of nitrogens with one attached hydrogen (secondary N) is 1. The number of carboxylic acids is 1. The maximum Gasteiger partial charge on any atom is 0.306 e. The van der Waals surface area contributed by atoms with Gasteiger partial charge < -0.3 is 10.4 Å². The van der Waals surface area contributed by atoms with E-state index in [2.05, 4.69) is 26.2 Å². The van der Waals surface area contributed by atoms with Crippen LogP contribution in [0.1, 0.15) is 29.6 Å². The lowest BCUT2D eigenvalue weighted by Crippen LogP contribution is -2.33. The van der Waals surface area contributed by atoms with Gasteiger partial charge in [-0.05, 0) is 46.8 Å². The van der Waals surface area contributed by atoms with Crippen molar-refractivity contribution < 1.29 is 14.7 Å². The van der Waals surface area contributed by atoms with Crippen LogP contribution in [-0.4, -0.2) is 28.5 Å². The Morgan fingerprint density at radius 3 is 2.95 bits per heavy atom. The lowest BCUT2D eigenvalue weighted by atomic mass is 9.96. The average molecular weight is 327 g/mol. The molecule has 1 aromatic heterocycles. The van der Waals surface area contributed by atoms with Crippen molar-refractivity contribution in [3.8, 4) is 0 Å². The fraction of sp³-hybridized carbons (Fsp3) is 0.462. The second kappa shape index (κ2) is 6.14. The summed E-state index contributed by atoms with van der Waals surface area (Å²) in [4.78, 5) is 27.0. The van der Waals surface area contributed by atoms with Crippen LogP contribution in [-0.2, 0) is 4.79 Å². The van der Waals surface area contributed by atoms with Crippen LogP contribution < -0.4 is 5.32 Å². The van der Waals surface area contributed by atoms with E-state index in [0.29, 0.717) is 23.1 Å². The number of rotatable bonds is 4. The first-order valence-electron chi connectivity index (χ1n) is 6.21. The predicted molar refractivity (Wildman–Crippen MR) is 72.7 cm³/mol. The van der Waals surface area contributed by atoms with Crippen LogP contribution in [0.25, 0.3) is 0 Å². The van der Waals surface area contributed by atoms with Gasteiger partial charge in [-0.2, -0.15) is 0 Å². The topological polar surface area (TPSA) is 79.3 Å². The van der Waals surface area contributed by atoms with Gasteiger partial charge in [0.15, 0.2) is 0 Å². The molecule has 1 aromatic rings. The van der Waals surface area contributed by atoms with Crippen LogP contribution in [0.3, 0.4) is 0 Å². The van der Waals surface area contributed by atoms with Crippen molar-refractivity contribution in [2.45, 2.75) is 19.3 Å². The molecule has 0 aliphatic heterocycles. The smallest absolute Gasteiger partial charge is 0.306 e. The first-order valence-corrected chi connectivity index (χ1v) is 7.00. The molecule has 2 rings (SSSR count). The number of aromatic nitrogens is 1.